The van der Waals surface area contributed by atoms with Crippen molar-refractivity contribution >= 4 is 28.7 Å². The van der Waals surface area contributed by atoms with Crippen LogP contribution < -0.4 is 5.32 Å². The Morgan fingerprint density at radius 2 is 2.08 bits per heavy atom. The molecule has 1 amide bonds. The number of rotatable bonds is 6. The van der Waals surface area contributed by atoms with Gasteiger partial charge >= 0.3 is 0 Å². The van der Waals surface area contributed by atoms with Crippen molar-refractivity contribution in [3.05, 3.63) is 45.9 Å². The molecule has 1 N–H and O–H groups in total. The smallest absolute Gasteiger partial charge is 0.249 e. The van der Waals surface area contributed by atoms with Crippen molar-refractivity contribution in [3.8, 4) is 6.07 Å². The molecule has 5 nitrogen and oxygen atoms in total. The van der Waals surface area contributed by atoms with Crippen LogP contribution in [0.5, 0.6) is 0 Å². The minimum Gasteiger partial charge on any atom is -0.325 e. The summed E-state index contributed by atoms with van der Waals surface area (Å²) >= 11 is 1.21. The number of thiazole rings is 1. The first-order valence-electron chi connectivity index (χ1n) is 7.91. The van der Waals surface area contributed by atoms with Gasteiger partial charge in [0.1, 0.15) is 0 Å². The predicted molar refractivity (Wildman–Crippen MR) is 92.0 cm³/mol. The molecule has 1 aliphatic carbocycles. The van der Waals surface area contributed by atoms with E-state index >= 15 is 0 Å². The molecular weight excluding hydrogens is 322 g/mol. The summed E-state index contributed by atoms with van der Waals surface area (Å²) in [4.78, 5) is 29.7. The molecule has 1 atom stereocenters. The Bertz CT molecular complexity index is 800. The number of carbonyl (C=O) groups excluding carboxylic acids is 2. The molecule has 6 heteroatoms. The first kappa shape index (κ1) is 16.3. The highest BCUT2D eigenvalue weighted by Gasteiger charge is 2.35. The fraction of sp³-hybridized carbons (Fsp3) is 0.333. The molecule has 1 saturated carbocycles. The number of hydrogen-bond donors (Lipinski definition) is 1. The molecule has 0 bridgehead atoms. The minimum atomic E-state index is -1.35. The van der Waals surface area contributed by atoms with Crippen molar-refractivity contribution in [3.63, 3.8) is 0 Å². The van der Waals surface area contributed by atoms with Crippen LogP contribution in [0, 0.1) is 17.2 Å². The Morgan fingerprint density at radius 1 is 1.38 bits per heavy atom. The van der Waals surface area contributed by atoms with E-state index in [1.54, 1.807) is 17.6 Å². The van der Waals surface area contributed by atoms with E-state index in [0.717, 1.165) is 30.5 Å². The van der Waals surface area contributed by atoms with Gasteiger partial charge in [-0.15, -0.1) is 11.3 Å². The number of nitriles is 1. The fourth-order valence-electron chi connectivity index (χ4n) is 2.49. The number of hydrogen-bond acceptors (Lipinski definition) is 5. The highest BCUT2D eigenvalue weighted by atomic mass is 32.1. The van der Waals surface area contributed by atoms with E-state index in [2.05, 4.69) is 10.3 Å². The van der Waals surface area contributed by atoms with Gasteiger partial charge < -0.3 is 5.32 Å². The lowest BCUT2D eigenvalue weighted by atomic mass is 10.0. The number of amides is 1. The van der Waals surface area contributed by atoms with Crippen LogP contribution in [-0.4, -0.2) is 16.7 Å². The Kier molecular flexibility index (Phi) is 4.72. The van der Waals surface area contributed by atoms with Gasteiger partial charge in [-0.1, -0.05) is 19.1 Å². The van der Waals surface area contributed by atoms with Crippen molar-refractivity contribution in [2.45, 2.75) is 32.1 Å². The van der Waals surface area contributed by atoms with Gasteiger partial charge in [0.25, 0.3) is 0 Å². The first-order valence-corrected chi connectivity index (χ1v) is 8.79. The van der Waals surface area contributed by atoms with Crippen LogP contribution in [0.25, 0.3) is 0 Å². The third-order valence-electron chi connectivity index (χ3n) is 4.07. The van der Waals surface area contributed by atoms with Crippen LogP contribution >= 0.6 is 11.3 Å². The molecule has 24 heavy (non-hydrogen) atoms. The van der Waals surface area contributed by atoms with Crippen molar-refractivity contribution in [1.29, 1.82) is 5.26 Å². The quantitative estimate of drug-likeness (QED) is 0.644. The van der Waals surface area contributed by atoms with E-state index in [4.69, 9.17) is 0 Å². The second-order valence-electron chi connectivity index (χ2n) is 5.81. The Morgan fingerprint density at radius 3 is 2.67 bits per heavy atom. The molecule has 122 valence electrons. The van der Waals surface area contributed by atoms with Crippen molar-refractivity contribution < 1.29 is 9.59 Å². The van der Waals surface area contributed by atoms with Gasteiger partial charge in [-0.3, -0.25) is 9.59 Å². The largest absolute Gasteiger partial charge is 0.325 e. The second-order valence-corrected chi connectivity index (χ2v) is 6.66. The molecule has 1 aliphatic rings. The number of nitrogens with zero attached hydrogens (tertiary/aromatic N) is 2. The highest BCUT2D eigenvalue weighted by Crippen LogP contribution is 2.42. The molecule has 3 rings (SSSR count). The lowest BCUT2D eigenvalue weighted by Crippen LogP contribution is -2.28. The van der Waals surface area contributed by atoms with Gasteiger partial charge in [-0.05, 0) is 37.0 Å². The van der Waals surface area contributed by atoms with E-state index < -0.39 is 17.6 Å². The monoisotopic (exact) mass is 339 g/mol. The summed E-state index contributed by atoms with van der Waals surface area (Å²) in [6, 6.07) is 9.21. The third-order valence-corrected chi connectivity index (χ3v) is 4.92. The average Bonchev–Trinajstić information content (AvgIpc) is 3.32. The van der Waals surface area contributed by atoms with E-state index in [-0.39, 0.29) is 0 Å². The zero-order valence-electron chi connectivity index (χ0n) is 13.3. The lowest BCUT2D eigenvalue weighted by molar-refractivity contribution is -0.117. The number of anilines is 1. The molecule has 1 aromatic heterocycles. The molecule has 1 heterocycles. The highest BCUT2D eigenvalue weighted by molar-refractivity contribution is 7.12. The van der Waals surface area contributed by atoms with E-state index in [9.17, 15) is 14.9 Å². The number of nitrogens with one attached hydrogen (secondary N) is 1. The maximum atomic E-state index is 12.6. The molecular formula is C18H17N3O2S. The first-order chi connectivity index (χ1) is 11.6. The number of aromatic nitrogens is 1. The number of carbonyl (C=O) groups is 2. The third kappa shape index (κ3) is 3.36. The molecule has 1 fully saturated rings. The Hall–Kier alpha value is -2.52. The molecule has 0 radical (unpaired) electrons. The Balaban J connectivity index is 1.74. The summed E-state index contributed by atoms with van der Waals surface area (Å²) in [7, 11) is 0. The molecule has 1 aromatic carbocycles. The van der Waals surface area contributed by atoms with Gasteiger partial charge in [-0.25, -0.2) is 4.98 Å². The van der Waals surface area contributed by atoms with Crippen LogP contribution in [0.4, 0.5) is 5.69 Å². The fourth-order valence-corrected chi connectivity index (χ4v) is 3.34. The number of Topliss-reactive ketones (excluding diaryl/α,β-unsaturated/α-hetero) is 1. The summed E-state index contributed by atoms with van der Waals surface area (Å²) in [5.74, 6) is -2.10. The van der Waals surface area contributed by atoms with Crippen LogP contribution in [0.15, 0.2) is 29.8 Å². The number of benzene rings is 1. The van der Waals surface area contributed by atoms with Crippen LogP contribution in [0.2, 0.25) is 0 Å². The van der Waals surface area contributed by atoms with Gasteiger partial charge in [-0.2, -0.15) is 5.26 Å². The summed E-state index contributed by atoms with van der Waals surface area (Å²) in [5, 5.41) is 12.0. The van der Waals surface area contributed by atoms with E-state index in [0.29, 0.717) is 16.5 Å². The van der Waals surface area contributed by atoms with Crippen LogP contribution in [0.1, 0.15) is 46.6 Å². The average molecular weight is 339 g/mol. The summed E-state index contributed by atoms with van der Waals surface area (Å²) < 4.78 is 0. The van der Waals surface area contributed by atoms with Gasteiger partial charge in [0.05, 0.1) is 22.2 Å². The maximum Gasteiger partial charge on any atom is 0.249 e. The van der Waals surface area contributed by atoms with E-state index in [1.165, 1.54) is 11.3 Å². The summed E-state index contributed by atoms with van der Waals surface area (Å²) in [6.45, 7) is 2.05. The van der Waals surface area contributed by atoms with Crippen LogP contribution in [-0.2, 0) is 11.2 Å². The van der Waals surface area contributed by atoms with Crippen molar-refractivity contribution in [2.75, 3.05) is 5.32 Å². The normalized spacial score (nSPS) is 14.7. The SMILES string of the molecule is CCc1ccc(NC(=O)[C@@H](C#N)C(=O)c2scnc2C2CC2)cc1. The topological polar surface area (TPSA) is 82.9 Å². The standard InChI is InChI=1S/C18H17N3O2S/c1-2-11-3-7-13(8-4-11)21-18(23)14(9-19)16(22)17-15(12-5-6-12)20-10-24-17/h3-4,7-8,10,12,14H,2,5-6H2,1H3,(H,21,23)/t14-/m0/s1. The van der Waals surface area contributed by atoms with Gasteiger partial charge in [0.2, 0.25) is 11.7 Å². The predicted octanol–water partition coefficient (Wildman–Crippen LogP) is 3.54. The Labute approximate surface area is 144 Å². The minimum absolute atomic E-state index is 0.305. The van der Waals surface area contributed by atoms with E-state index in [1.807, 2.05) is 25.1 Å². The molecule has 2 aromatic rings. The van der Waals surface area contributed by atoms with Crippen molar-refractivity contribution in [2.24, 2.45) is 5.92 Å². The zero-order chi connectivity index (χ0) is 17.1. The second kappa shape index (κ2) is 6.93. The maximum absolute atomic E-state index is 12.6. The number of ketones is 1. The van der Waals surface area contributed by atoms with Gasteiger partial charge in [0.15, 0.2) is 5.92 Å². The molecule has 0 saturated heterocycles. The van der Waals surface area contributed by atoms with Crippen LogP contribution in [0.3, 0.4) is 0 Å². The lowest BCUT2D eigenvalue weighted by Gasteiger charge is -2.10. The number of aryl methyl sites for hydroxylation is 1. The van der Waals surface area contributed by atoms with Crippen molar-refractivity contribution in [1.82, 2.24) is 4.98 Å². The summed E-state index contributed by atoms with van der Waals surface area (Å²) in [6.07, 6.45) is 2.93. The molecule has 0 aliphatic heterocycles. The van der Waals surface area contributed by atoms with Gasteiger partial charge in [0, 0.05) is 11.6 Å². The zero-order valence-corrected chi connectivity index (χ0v) is 14.1. The summed E-state index contributed by atoms with van der Waals surface area (Å²) in [5.41, 5.74) is 4.08. The molecule has 0 spiro atoms. The molecule has 0 unspecified atom stereocenters.